The molecule has 0 saturated carbocycles. The predicted molar refractivity (Wildman–Crippen MR) is 128 cm³/mol. The molecule has 0 unspecified atom stereocenters. The lowest BCUT2D eigenvalue weighted by atomic mass is 9.88. The van der Waals surface area contributed by atoms with Crippen LogP contribution < -0.4 is 10.1 Å². The van der Waals surface area contributed by atoms with Crippen LogP contribution in [-0.4, -0.2) is 18.3 Å². The Hall–Kier alpha value is -2.88. The van der Waals surface area contributed by atoms with Gasteiger partial charge in [-0.2, -0.15) is 0 Å². The standard InChI is InChI=1S/C28H29NO2/c30-15-5-1-2-6-16-31-24-13-14-26-21(17-24)10-12-23-19-29-18-22-11-9-20-7-3-4-8-25(20)27(22)28(23)26/h3-4,7-14,17,29-30H,1-2,5-6,15-16,18-19H2. The fourth-order valence-electron chi connectivity index (χ4n) is 4.73. The molecule has 0 aromatic heterocycles. The molecule has 0 bridgehead atoms. The summed E-state index contributed by atoms with van der Waals surface area (Å²) in [7, 11) is 0. The number of benzene rings is 4. The average Bonchev–Trinajstić information content (AvgIpc) is 3.01. The maximum atomic E-state index is 8.89. The molecule has 31 heavy (non-hydrogen) atoms. The molecule has 4 aromatic rings. The third-order valence-corrected chi connectivity index (χ3v) is 6.29. The van der Waals surface area contributed by atoms with Gasteiger partial charge in [-0.05, 0) is 75.2 Å². The van der Waals surface area contributed by atoms with Crippen LogP contribution in [0, 0.1) is 0 Å². The Labute approximate surface area is 183 Å². The molecule has 0 saturated heterocycles. The first kappa shape index (κ1) is 20.0. The fraction of sp³-hybridized carbons (Fsp3) is 0.286. The zero-order valence-electron chi connectivity index (χ0n) is 17.9. The van der Waals surface area contributed by atoms with E-state index in [1.807, 2.05) is 0 Å². The maximum absolute atomic E-state index is 8.89. The number of hydrogen-bond donors (Lipinski definition) is 2. The molecule has 0 fully saturated rings. The summed E-state index contributed by atoms with van der Waals surface area (Å²) in [5.41, 5.74) is 5.42. The summed E-state index contributed by atoms with van der Waals surface area (Å²) in [5.74, 6) is 0.930. The van der Waals surface area contributed by atoms with Crippen molar-refractivity contribution in [2.24, 2.45) is 0 Å². The summed E-state index contributed by atoms with van der Waals surface area (Å²) in [6.45, 7) is 2.76. The van der Waals surface area contributed by atoms with E-state index in [2.05, 4.69) is 72.0 Å². The number of aliphatic hydroxyl groups is 1. The van der Waals surface area contributed by atoms with Gasteiger partial charge < -0.3 is 15.2 Å². The molecule has 0 spiro atoms. The number of rotatable bonds is 7. The van der Waals surface area contributed by atoms with E-state index >= 15 is 0 Å². The van der Waals surface area contributed by atoms with Crippen LogP contribution in [0.5, 0.6) is 5.75 Å². The Balaban J connectivity index is 1.52. The van der Waals surface area contributed by atoms with Gasteiger partial charge in [0.25, 0.3) is 0 Å². The Morgan fingerprint density at radius 2 is 1.42 bits per heavy atom. The van der Waals surface area contributed by atoms with Crippen LogP contribution in [0.4, 0.5) is 0 Å². The number of unbranched alkanes of at least 4 members (excludes halogenated alkanes) is 3. The average molecular weight is 412 g/mol. The largest absolute Gasteiger partial charge is 0.494 e. The number of ether oxygens (including phenoxy) is 1. The molecule has 1 aliphatic heterocycles. The van der Waals surface area contributed by atoms with Gasteiger partial charge in [-0.1, -0.05) is 61.0 Å². The Morgan fingerprint density at radius 1 is 0.710 bits per heavy atom. The molecule has 3 heteroatoms. The van der Waals surface area contributed by atoms with Crippen LogP contribution in [0.25, 0.3) is 32.7 Å². The van der Waals surface area contributed by atoms with Crippen LogP contribution >= 0.6 is 0 Å². The van der Waals surface area contributed by atoms with E-state index in [1.165, 1.54) is 43.8 Å². The van der Waals surface area contributed by atoms with E-state index < -0.39 is 0 Å². The normalized spacial score (nSPS) is 13.1. The molecule has 3 nitrogen and oxygen atoms in total. The monoisotopic (exact) mass is 411 g/mol. The molecule has 158 valence electrons. The topological polar surface area (TPSA) is 41.5 Å². The quantitative estimate of drug-likeness (QED) is 0.356. The zero-order chi connectivity index (χ0) is 21.0. The van der Waals surface area contributed by atoms with Gasteiger partial charge in [-0.3, -0.25) is 0 Å². The van der Waals surface area contributed by atoms with E-state index in [1.54, 1.807) is 0 Å². The first-order chi connectivity index (χ1) is 15.3. The molecular weight excluding hydrogens is 382 g/mol. The molecular formula is C28H29NO2. The van der Waals surface area contributed by atoms with Crippen molar-refractivity contribution in [3.63, 3.8) is 0 Å². The minimum atomic E-state index is 0.282. The highest BCUT2D eigenvalue weighted by molar-refractivity contribution is 6.08. The van der Waals surface area contributed by atoms with Gasteiger partial charge in [-0.15, -0.1) is 0 Å². The van der Waals surface area contributed by atoms with Crippen molar-refractivity contribution < 1.29 is 9.84 Å². The van der Waals surface area contributed by atoms with Gasteiger partial charge in [0.05, 0.1) is 6.61 Å². The molecule has 4 aromatic carbocycles. The Bertz CT molecular complexity index is 1210. The Morgan fingerprint density at radius 3 is 2.23 bits per heavy atom. The van der Waals surface area contributed by atoms with Crippen molar-refractivity contribution in [2.45, 2.75) is 38.8 Å². The first-order valence-electron chi connectivity index (χ1n) is 11.4. The summed E-state index contributed by atoms with van der Waals surface area (Å²) < 4.78 is 6.03. The summed E-state index contributed by atoms with van der Waals surface area (Å²) in [5, 5.41) is 17.6. The highest BCUT2D eigenvalue weighted by atomic mass is 16.5. The van der Waals surface area contributed by atoms with Gasteiger partial charge in [-0.25, -0.2) is 0 Å². The number of hydrogen-bond acceptors (Lipinski definition) is 3. The third-order valence-electron chi connectivity index (χ3n) is 6.29. The number of nitrogens with one attached hydrogen (secondary N) is 1. The van der Waals surface area contributed by atoms with E-state index in [4.69, 9.17) is 9.84 Å². The van der Waals surface area contributed by atoms with E-state index in [9.17, 15) is 0 Å². The second kappa shape index (κ2) is 9.09. The third kappa shape index (κ3) is 4.04. The predicted octanol–water partition coefficient (Wildman–Crippen LogP) is 6.19. The zero-order valence-corrected chi connectivity index (χ0v) is 17.9. The smallest absolute Gasteiger partial charge is 0.119 e. The molecule has 1 aliphatic rings. The van der Waals surface area contributed by atoms with Crippen LogP contribution in [0.3, 0.4) is 0 Å². The lowest BCUT2D eigenvalue weighted by Gasteiger charge is -2.16. The second-order valence-corrected chi connectivity index (χ2v) is 8.39. The fourth-order valence-corrected chi connectivity index (χ4v) is 4.73. The van der Waals surface area contributed by atoms with Crippen molar-refractivity contribution >= 4 is 21.5 Å². The minimum absolute atomic E-state index is 0.282. The van der Waals surface area contributed by atoms with Crippen molar-refractivity contribution in [3.8, 4) is 16.9 Å². The molecule has 0 radical (unpaired) electrons. The van der Waals surface area contributed by atoms with Gasteiger partial charge in [0, 0.05) is 19.7 Å². The first-order valence-corrected chi connectivity index (χ1v) is 11.4. The van der Waals surface area contributed by atoms with Crippen molar-refractivity contribution in [1.29, 1.82) is 0 Å². The van der Waals surface area contributed by atoms with Crippen molar-refractivity contribution in [2.75, 3.05) is 13.2 Å². The van der Waals surface area contributed by atoms with Crippen molar-refractivity contribution in [3.05, 3.63) is 77.9 Å². The van der Waals surface area contributed by atoms with Crippen LogP contribution in [0.15, 0.2) is 66.7 Å². The summed E-state index contributed by atoms with van der Waals surface area (Å²) >= 11 is 0. The van der Waals surface area contributed by atoms with Gasteiger partial charge in [0.15, 0.2) is 0 Å². The summed E-state index contributed by atoms with van der Waals surface area (Å²) in [4.78, 5) is 0. The van der Waals surface area contributed by atoms with E-state index in [0.717, 1.165) is 51.1 Å². The highest BCUT2D eigenvalue weighted by Crippen LogP contribution is 2.41. The molecule has 1 heterocycles. The van der Waals surface area contributed by atoms with Gasteiger partial charge >= 0.3 is 0 Å². The SMILES string of the molecule is OCCCCCCOc1ccc2c3c(ccc2c1)CNCc1ccc2ccccc2c1-3. The van der Waals surface area contributed by atoms with Crippen LogP contribution in [0.1, 0.15) is 36.8 Å². The van der Waals surface area contributed by atoms with E-state index in [0.29, 0.717) is 0 Å². The van der Waals surface area contributed by atoms with E-state index in [-0.39, 0.29) is 6.61 Å². The summed E-state index contributed by atoms with van der Waals surface area (Å²) in [6, 6.07) is 24.2. The Kier molecular flexibility index (Phi) is 5.88. The maximum Gasteiger partial charge on any atom is 0.119 e. The molecule has 2 N–H and O–H groups in total. The summed E-state index contributed by atoms with van der Waals surface area (Å²) in [6.07, 6.45) is 4.06. The molecule has 0 amide bonds. The minimum Gasteiger partial charge on any atom is -0.494 e. The molecule has 5 rings (SSSR count). The number of aliphatic hydroxyl groups excluding tert-OH is 1. The molecule has 0 aliphatic carbocycles. The lowest BCUT2D eigenvalue weighted by Crippen LogP contribution is -2.10. The van der Waals surface area contributed by atoms with Crippen LogP contribution in [-0.2, 0) is 13.1 Å². The number of fused-ring (bicyclic) bond motifs is 7. The highest BCUT2D eigenvalue weighted by Gasteiger charge is 2.19. The van der Waals surface area contributed by atoms with Gasteiger partial charge in [0.1, 0.15) is 5.75 Å². The molecule has 0 atom stereocenters. The second-order valence-electron chi connectivity index (χ2n) is 8.39. The van der Waals surface area contributed by atoms with Crippen LogP contribution in [0.2, 0.25) is 0 Å². The van der Waals surface area contributed by atoms with Crippen molar-refractivity contribution in [1.82, 2.24) is 5.32 Å². The van der Waals surface area contributed by atoms with Gasteiger partial charge in [0.2, 0.25) is 0 Å². The lowest BCUT2D eigenvalue weighted by molar-refractivity contribution is 0.273.